The highest BCUT2D eigenvalue weighted by Crippen LogP contribution is 2.48. The van der Waals surface area contributed by atoms with E-state index >= 15 is 0 Å². The summed E-state index contributed by atoms with van der Waals surface area (Å²) in [6.45, 7) is 2.16. The van der Waals surface area contributed by atoms with Gasteiger partial charge in [0.2, 0.25) is 0 Å². The van der Waals surface area contributed by atoms with Crippen LogP contribution in [0.3, 0.4) is 0 Å². The van der Waals surface area contributed by atoms with Crippen molar-refractivity contribution in [2.24, 2.45) is 0 Å². The van der Waals surface area contributed by atoms with Crippen LogP contribution in [0.25, 0.3) is 10.8 Å². The van der Waals surface area contributed by atoms with Crippen molar-refractivity contribution in [2.75, 3.05) is 5.75 Å². The number of hydrogen-bond donors (Lipinski definition) is 0. The van der Waals surface area contributed by atoms with Crippen LogP contribution in [-0.2, 0) is 6.42 Å². The SMILES string of the molecule is CC1CSc2c(C3CC3)c(Cc3cccc4ccccc34)cc(=O)n21. The van der Waals surface area contributed by atoms with Gasteiger partial charge in [0.05, 0.1) is 5.03 Å². The molecule has 2 aromatic carbocycles. The minimum absolute atomic E-state index is 0.173. The van der Waals surface area contributed by atoms with E-state index in [-0.39, 0.29) is 5.56 Å². The number of aromatic nitrogens is 1. The van der Waals surface area contributed by atoms with E-state index in [0.29, 0.717) is 12.0 Å². The smallest absolute Gasteiger partial charge is 0.251 e. The fourth-order valence-electron chi connectivity index (χ4n) is 4.11. The minimum atomic E-state index is 0.173. The average molecular weight is 347 g/mol. The van der Waals surface area contributed by atoms with Crippen molar-refractivity contribution < 1.29 is 0 Å². The van der Waals surface area contributed by atoms with Crippen LogP contribution < -0.4 is 5.56 Å². The van der Waals surface area contributed by atoms with E-state index < -0.39 is 0 Å². The van der Waals surface area contributed by atoms with Crippen LogP contribution in [0.2, 0.25) is 0 Å². The molecule has 0 spiro atoms. The van der Waals surface area contributed by atoms with Gasteiger partial charge >= 0.3 is 0 Å². The van der Waals surface area contributed by atoms with Crippen molar-refractivity contribution in [3.63, 3.8) is 0 Å². The molecule has 1 aliphatic carbocycles. The van der Waals surface area contributed by atoms with Gasteiger partial charge in [-0.15, -0.1) is 11.8 Å². The molecule has 25 heavy (non-hydrogen) atoms. The molecular weight excluding hydrogens is 326 g/mol. The minimum Gasteiger partial charge on any atom is -0.299 e. The van der Waals surface area contributed by atoms with Crippen molar-refractivity contribution in [3.05, 3.63) is 75.6 Å². The molecule has 1 aliphatic heterocycles. The summed E-state index contributed by atoms with van der Waals surface area (Å²) in [5.41, 5.74) is 4.20. The second-order valence-corrected chi connectivity index (χ2v) is 8.35. The molecule has 3 heteroatoms. The first-order valence-electron chi connectivity index (χ1n) is 9.10. The molecule has 3 aromatic rings. The molecule has 1 aromatic heterocycles. The van der Waals surface area contributed by atoms with Crippen LogP contribution in [0.15, 0.2) is 58.4 Å². The quantitative estimate of drug-likeness (QED) is 0.655. The summed E-state index contributed by atoms with van der Waals surface area (Å²) < 4.78 is 2.03. The lowest BCUT2D eigenvalue weighted by Crippen LogP contribution is -2.23. The largest absolute Gasteiger partial charge is 0.299 e. The molecule has 1 fully saturated rings. The second kappa shape index (κ2) is 5.77. The molecule has 1 atom stereocenters. The Balaban J connectivity index is 1.67. The monoisotopic (exact) mass is 347 g/mol. The predicted octanol–water partition coefficient (Wildman–Crippen LogP) is 5.14. The van der Waals surface area contributed by atoms with Crippen molar-refractivity contribution in [2.45, 2.75) is 43.2 Å². The molecule has 2 heterocycles. The number of nitrogens with zero attached hydrogens (tertiary/aromatic N) is 1. The highest BCUT2D eigenvalue weighted by Gasteiger charge is 2.34. The Morgan fingerprint density at radius 3 is 2.72 bits per heavy atom. The zero-order valence-corrected chi connectivity index (χ0v) is 15.2. The molecule has 5 rings (SSSR count). The average Bonchev–Trinajstić information content (AvgIpc) is 3.37. The summed E-state index contributed by atoms with van der Waals surface area (Å²) in [5.74, 6) is 1.68. The maximum atomic E-state index is 12.7. The third-order valence-corrected chi connectivity index (χ3v) is 6.82. The fraction of sp³-hybridized carbons (Fsp3) is 0.318. The van der Waals surface area contributed by atoms with Gasteiger partial charge in [0.25, 0.3) is 5.56 Å². The number of hydrogen-bond acceptors (Lipinski definition) is 2. The van der Waals surface area contributed by atoms with Crippen LogP contribution in [0.5, 0.6) is 0 Å². The Labute approximate surface area is 151 Å². The molecule has 0 radical (unpaired) electrons. The predicted molar refractivity (Wildman–Crippen MR) is 105 cm³/mol. The highest BCUT2D eigenvalue weighted by atomic mass is 32.2. The number of pyridine rings is 1. The van der Waals surface area contributed by atoms with Gasteiger partial charge in [0.1, 0.15) is 0 Å². The molecule has 0 N–H and O–H groups in total. The third-order valence-electron chi connectivity index (χ3n) is 5.48. The maximum absolute atomic E-state index is 12.7. The Kier molecular flexibility index (Phi) is 3.53. The highest BCUT2D eigenvalue weighted by molar-refractivity contribution is 7.99. The van der Waals surface area contributed by atoms with E-state index in [9.17, 15) is 4.79 Å². The van der Waals surface area contributed by atoms with Crippen LogP contribution in [0, 0.1) is 0 Å². The van der Waals surface area contributed by atoms with Gasteiger partial charge in [-0.25, -0.2) is 0 Å². The van der Waals surface area contributed by atoms with Gasteiger partial charge in [-0.3, -0.25) is 9.36 Å². The normalized spacial score (nSPS) is 19.3. The lowest BCUT2D eigenvalue weighted by atomic mass is 9.95. The number of rotatable bonds is 3. The first-order valence-corrected chi connectivity index (χ1v) is 10.1. The first kappa shape index (κ1) is 15.3. The van der Waals surface area contributed by atoms with Gasteiger partial charge in [0, 0.05) is 17.9 Å². The number of fused-ring (bicyclic) bond motifs is 2. The standard InChI is InChI=1S/C22H21NOS/c1-14-13-25-22-21(16-9-10-16)18(12-20(24)23(14)22)11-17-7-4-6-15-5-2-3-8-19(15)17/h2-8,12,14,16H,9-11,13H2,1H3. The zero-order chi connectivity index (χ0) is 17.0. The summed E-state index contributed by atoms with van der Waals surface area (Å²) in [4.78, 5) is 12.7. The van der Waals surface area contributed by atoms with Gasteiger partial charge in [-0.05, 0) is 59.6 Å². The van der Waals surface area contributed by atoms with Crippen molar-refractivity contribution in [3.8, 4) is 0 Å². The van der Waals surface area contributed by atoms with Crippen LogP contribution >= 0.6 is 11.8 Å². The van der Waals surface area contributed by atoms with Crippen molar-refractivity contribution >= 4 is 22.5 Å². The van der Waals surface area contributed by atoms with E-state index in [1.807, 2.05) is 22.4 Å². The van der Waals surface area contributed by atoms with Gasteiger partial charge in [0.15, 0.2) is 0 Å². The second-order valence-electron chi connectivity index (χ2n) is 7.35. The summed E-state index contributed by atoms with van der Waals surface area (Å²) in [6.07, 6.45) is 3.39. The zero-order valence-electron chi connectivity index (χ0n) is 14.4. The van der Waals surface area contributed by atoms with Crippen molar-refractivity contribution in [1.29, 1.82) is 0 Å². The van der Waals surface area contributed by atoms with Crippen LogP contribution in [0.4, 0.5) is 0 Å². The molecule has 1 saturated carbocycles. The van der Waals surface area contributed by atoms with Gasteiger partial charge in [-0.1, -0.05) is 42.5 Å². The number of thioether (sulfide) groups is 1. The van der Waals surface area contributed by atoms with Crippen LogP contribution in [-0.4, -0.2) is 10.3 Å². The number of benzene rings is 2. The molecule has 0 saturated heterocycles. The molecule has 0 bridgehead atoms. The van der Waals surface area contributed by atoms with E-state index in [0.717, 1.165) is 12.2 Å². The summed E-state index contributed by atoms with van der Waals surface area (Å²) in [5, 5.41) is 3.82. The topological polar surface area (TPSA) is 22.0 Å². The maximum Gasteiger partial charge on any atom is 0.251 e. The van der Waals surface area contributed by atoms with E-state index in [2.05, 4.69) is 49.4 Å². The first-order chi connectivity index (χ1) is 12.2. The Hall–Kier alpha value is -2.00. The Morgan fingerprint density at radius 2 is 1.88 bits per heavy atom. The molecule has 2 aliphatic rings. The summed E-state index contributed by atoms with van der Waals surface area (Å²) in [6, 6.07) is 17.3. The third kappa shape index (κ3) is 2.53. The van der Waals surface area contributed by atoms with E-state index in [1.54, 1.807) is 0 Å². The molecule has 2 nitrogen and oxygen atoms in total. The van der Waals surface area contributed by atoms with E-state index in [4.69, 9.17) is 0 Å². The lowest BCUT2D eigenvalue weighted by Gasteiger charge is -2.17. The molecule has 1 unspecified atom stereocenters. The summed E-state index contributed by atoms with van der Waals surface area (Å²) >= 11 is 1.88. The van der Waals surface area contributed by atoms with Gasteiger partial charge in [-0.2, -0.15) is 0 Å². The lowest BCUT2D eigenvalue weighted by molar-refractivity contribution is 0.554. The van der Waals surface area contributed by atoms with E-state index in [1.165, 1.54) is 45.3 Å². The van der Waals surface area contributed by atoms with Crippen LogP contribution in [0.1, 0.15) is 48.4 Å². The van der Waals surface area contributed by atoms with Crippen molar-refractivity contribution in [1.82, 2.24) is 4.57 Å². The molecule has 126 valence electrons. The van der Waals surface area contributed by atoms with Gasteiger partial charge < -0.3 is 0 Å². The molecule has 0 amide bonds. The Morgan fingerprint density at radius 1 is 1.08 bits per heavy atom. The fourth-order valence-corrected chi connectivity index (χ4v) is 5.52. The molecular formula is C22H21NOS. The Bertz CT molecular complexity index is 1030. The summed E-state index contributed by atoms with van der Waals surface area (Å²) in [7, 11) is 0.